The minimum Gasteiger partial charge on any atom is -0.290 e. The Bertz CT molecular complexity index is 1550. The molecule has 218 valence electrons. The van der Waals surface area contributed by atoms with E-state index in [1.165, 1.54) is 79.4 Å². The van der Waals surface area contributed by atoms with Crippen LogP contribution in [0.1, 0.15) is 108 Å². The Hall–Kier alpha value is -2.74. The summed E-state index contributed by atoms with van der Waals surface area (Å²) in [7, 11) is 0. The number of benzene rings is 2. The van der Waals surface area contributed by atoms with Gasteiger partial charge < -0.3 is 0 Å². The zero-order valence-corrected chi connectivity index (χ0v) is 25.9. The first kappa shape index (κ1) is 26.9. The van der Waals surface area contributed by atoms with Gasteiger partial charge in [0.2, 0.25) is 0 Å². The highest BCUT2D eigenvalue weighted by Gasteiger charge is 2.59. The molecule has 42 heavy (non-hydrogen) atoms. The first-order valence-electron chi connectivity index (χ1n) is 16.8. The lowest BCUT2D eigenvalue weighted by molar-refractivity contribution is -0.118. The number of carbonyl (C=O) groups excluding carboxylic acids is 2. The summed E-state index contributed by atoms with van der Waals surface area (Å²) in [5, 5.41) is 0. The third-order valence-corrected chi connectivity index (χ3v) is 13.9. The van der Waals surface area contributed by atoms with Gasteiger partial charge in [-0.05, 0) is 150 Å². The maximum atomic E-state index is 12.7. The highest BCUT2D eigenvalue weighted by molar-refractivity contribution is 6.17. The molecular formula is C40H46O2. The lowest BCUT2D eigenvalue weighted by Crippen LogP contribution is -2.52. The molecule has 2 aromatic carbocycles. The van der Waals surface area contributed by atoms with Gasteiger partial charge in [0, 0.05) is 11.0 Å². The lowest BCUT2D eigenvalue weighted by Gasteiger charge is -2.60. The van der Waals surface area contributed by atoms with E-state index < -0.39 is 0 Å². The van der Waals surface area contributed by atoms with E-state index in [4.69, 9.17) is 0 Å². The maximum Gasteiger partial charge on any atom is 0.182 e. The number of fused-ring (bicyclic) bond motifs is 8. The fourth-order valence-corrected chi connectivity index (χ4v) is 11.7. The summed E-state index contributed by atoms with van der Waals surface area (Å²) >= 11 is 0. The van der Waals surface area contributed by atoms with Gasteiger partial charge in [0.15, 0.2) is 11.6 Å². The van der Waals surface area contributed by atoms with E-state index in [1.807, 2.05) is 0 Å². The van der Waals surface area contributed by atoms with E-state index in [0.717, 1.165) is 36.2 Å². The molecule has 6 aliphatic rings. The van der Waals surface area contributed by atoms with Crippen molar-refractivity contribution >= 4 is 11.6 Å². The van der Waals surface area contributed by atoms with Crippen molar-refractivity contribution in [3.63, 3.8) is 0 Å². The molecule has 4 fully saturated rings. The average Bonchev–Trinajstić information content (AvgIpc) is 3.46. The summed E-state index contributed by atoms with van der Waals surface area (Å²) in [6.07, 6.45) is 16.0. The van der Waals surface area contributed by atoms with E-state index >= 15 is 0 Å². The average molecular weight is 559 g/mol. The molecule has 4 saturated carbocycles. The molecule has 8 rings (SSSR count). The largest absolute Gasteiger partial charge is 0.290 e. The van der Waals surface area contributed by atoms with Crippen molar-refractivity contribution < 1.29 is 9.59 Å². The first-order chi connectivity index (χ1) is 20.1. The van der Waals surface area contributed by atoms with Crippen molar-refractivity contribution in [1.82, 2.24) is 0 Å². The smallest absolute Gasteiger partial charge is 0.182 e. The fraction of sp³-hybridized carbons (Fsp3) is 0.550. The van der Waals surface area contributed by atoms with Crippen LogP contribution in [0.3, 0.4) is 0 Å². The van der Waals surface area contributed by atoms with Gasteiger partial charge in [0.1, 0.15) is 0 Å². The van der Waals surface area contributed by atoms with Gasteiger partial charge in [-0.25, -0.2) is 0 Å². The lowest BCUT2D eigenvalue weighted by atomic mass is 9.44. The highest BCUT2D eigenvalue weighted by atomic mass is 16.1. The molecule has 6 aliphatic carbocycles. The Morgan fingerprint density at radius 2 is 1.55 bits per heavy atom. The van der Waals surface area contributed by atoms with Crippen LogP contribution in [0.15, 0.2) is 66.3 Å². The van der Waals surface area contributed by atoms with Crippen LogP contribution in [0.4, 0.5) is 0 Å². The summed E-state index contributed by atoms with van der Waals surface area (Å²) in [4.78, 5) is 24.7. The molecule has 0 aliphatic heterocycles. The number of hydrogen-bond donors (Lipinski definition) is 0. The van der Waals surface area contributed by atoms with E-state index in [1.54, 1.807) is 11.6 Å². The molecule has 2 heteroatoms. The molecule has 0 amide bonds. The maximum absolute atomic E-state index is 12.7. The highest BCUT2D eigenvalue weighted by Crippen LogP contribution is 2.68. The van der Waals surface area contributed by atoms with Gasteiger partial charge in [-0.3, -0.25) is 9.59 Å². The molecule has 0 aromatic heterocycles. The molecular weight excluding hydrogens is 512 g/mol. The number of rotatable bonds is 2. The molecule has 8 atom stereocenters. The van der Waals surface area contributed by atoms with Crippen molar-refractivity contribution in [1.29, 1.82) is 0 Å². The van der Waals surface area contributed by atoms with Crippen molar-refractivity contribution in [2.75, 3.05) is 0 Å². The number of carbonyl (C=O) groups is 2. The minimum atomic E-state index is -0.0135. The fourth-order valence-electron chi connectivity index (χ4n) is 11.7. The Labute approximate surface area is 252 Å². The van der Waals surface area contributed by atoms with Gasteiger partial charge in [-0.2, -0.15) is 0 Å². The van der Waals surface area contributed by atoms with Crippen molar-refractivity contribution in [3.05, 3.63) is 83.0 Å². The number of allylic oxidation sites excluding steroid dienone is 4. The van der Waals surface area contributed by atoms with Crippen LogP contribution in [0.5, 0.6) is 0 Å². The zero-order chi connectivity index (χ0) is 29.0. The van der Waals surface area contributed by atoms with Gasteiger partial charge in [-0.1, -0.05) is 70.2 Å². The second-order valence-electron chi connectivity index (χ2n) is 16.1. The van der Waals surface area contributed by atoms with Gasteiger partial charge in [-0.15, -0.1) is 0 Å². The van der Waals surface area contributed by atoms with Gasteiger partial charge >= 0.3 is 0 Å². The van der Waals surface area contributed by atoms with Crippen molar-refractivity contribution in [2.24, 2.45) is 40.4 Å². The Morgan fingerprint density at radius 3 is 2.40 bits per heavy atom. The van der Waals surface area contributed by atoms with Crippen LogP contribution in [-0.4, -0.2) is 11.6 Å². The summed E-state index contributed by atoms with van der Waals surface area (Å²) < 4.78 is 0. The summed E-state index contributed by atoms with van der Waals surface area (Å²) in [5.74, 6) is 4.12. The molecule has 0 radical (unpaired) electrons. The second kappa shape index (κ2) is 9.13. The van der Waals surface area contributed by atoms with E-state index in [2.05, 4.69) is 70.2 Å². The van der Waals surface area contributed by atoms with Gasteiger partial charge in [0.25, 0.3) is 0 Å². The molecule has 0 saturated heterocycles. The van der Waals surface area contributed by atoms with Crippen LogP contribution < -0.4 is 0 Å². The molecule has 0 N–H and O–H groups in total. The number of ketones is 2. The predicted octanol–water partition coefficient (Wildman–Crippen LogP) is 9.37. The summed E-state index contributed by atoms with van der Waals surface area (Å²) in [5.41, 5.74) is 9.12. The SMILES string of the molecule is CC1(C)c2ccccc2-c2ccc(C3C[C@H]4[C@@H]5CC[C@H]6CC(C7=CC(=O)C=CC7=O)CC[C@]6(C)[C@H]5CC[C@]4(C)C3)cc21. The van der Waals surface area contributed by atoms with Crippen LogP contribution in [0.2, 0.25) is 0 Å². The molecule has 0 heterocycles. The molecule has 2 unspecified atom stereocenters. The van der Waals surface area contributed by atoms with Crippen LogP contribution >= 0.6 is 0 Å². The molecule has 2 aromatic rings. The molecule has 0 bridgehead atoms. The van der Waals surface area contributed by atoms with Crippen LogP contribution in [0.25, 0.3) is 11.1 Å². The first-order valence-corrected chi connectivity index (χ1v) is 16.8. The third-order valence-electron chi connectivity index (χ3n) is 13.9. The van der Waals surface area contributed by atoms with Crippen LogP contribution in [0, 0.1) is 40.4 Å². The monoisotopic (exact) mass is 558 g/mol. The quantitative estimate of drug-likeness (QED) is 0.344. The zero-order valence-electron chi connectivity index (χ0n) is 25.9. The third kappa shape index (κ3) is 3.75. The Morgan fingerprint density at radius 1 is 0.738 bits per heavy atom. The predicted molar refractivity (Wildman–Crippen MR) is 169 cm³/mol. The van der Waals surface area contributed by atoms with Gasteiger partial charge in [0.05, 0.1) is 0 Å². The Kier molecular flexibility index (Phi) is 5.84. The minimum absolute atomic E-state index is 0.0135. The molecule has 0 spiro atoms. The second-order valence-corrected chi connectivity index (χ2v) is 16.1. The van der Waals surface area contributed by atoms with Crippen molar-refractivity contribution in [3.8, 4) is 11.1 Å². The summed E-state index contributed by atoms with van der Waals surface area (Å²) in [6, 6.07) is 16.5. The molecule has 2 nitrogen and oxygen atoms in total. The number of hydrogen-bond acceptors (Lipinski definition) is 2. The van der Waals surface area contributed by atoms with Crippen molar-refractivity contribution in [2.45, 2.75) is 96.8 Å². The van der Waals surface area contributed by atoms with E-state index in [-0.39, 0.29) is 22.9 Å². The van der Waals surface area contributed by atoms with E-state index in [9.17, 15) is 9.59 Å². The van der Waals surface area contributed by atoms with Crippen LogP contribution in [-0.2, 0) is 15.0 Å². The topological polar surface area (TPSA) is 34.1 Å². The summed E-state index contributed by atoms with van der Waals surface area (Å²) in [6.45, 7) is 10.1. The normalized spacial score (nSPS) is 39.6. The van der Waals surface area contributed by atoms with E-state index in [0.29, 0.717) is 22.7 Å². The standard InChI is InChI=1S/C40H46O2/c1-38(2)33-8-6-5-7-29(33)30-12-9-24(20-35(30)38)26-21-36-31-13-10-27-19-25(32-22-28(41)11-14-37(32)42)15-18-40(27,4)34(31)16-17-39(36,3)23-26/h5-9,11-12,14,20,22,25-27,31,34,36H,10,13,15-19,21,23H2,1-4H3/t25?,26?,27-,31+,34-,36-,39+,40-/m0/s1. The Balaban J connectivity index is 1.03.